The fraction of sp³-hybridized carbons (Fsp3) is 0.444. The topological polar surface area (TPSA) is 122 Å². The van der Waals surface area contributed by atoms with Crippen LogP contribution >= 0.6 is 0 Å². The molecule has 12 heteroatoms. The second-order valence-electron chi connectivity index (χ2n) is 10.5. The summed E-state index contributed by atoms with van der Waals surface area (Å²) in [4.78, 5) is 39.1. The van der Waals surface area contributed by atoms with Crippen molar-refractivity contribution in [3.8, 4) is 11.1 Å². The fourth-order valence-corrected chi connectivity index (χ4v) is 4.44. The van der Waals surface area contributed by atoms with Gasteiger partial charge in [-0.3, -0.25) is 9.69 Å². The Labute approximate surface area is 228 Å². The summed E-state index contributed by atoms with van der Waals surface area (Å²) in [5.41, 5.74) is 1.04. The molecule has 0 spiro atoms. The van der Waals surface area contributed by atoms with Crippen LogP contribution < -0.4 is 9.62 Å². The molecule has 1 heterocycles. The molecule has 1 aliphatic rings. The van der Waals surface area contributed by atoms with Crippen molar-refractivity contribution in [1.29, 1.82) is 0 Å². The van der Waals surface area contributed by atoms with Crippen molar-refractivity contribution in [1.82, 2.24) is 9.62 Å². The van der Waals surface area contributed by atoms with Crippen molar-refractivity contribution in [2.75, 3.05) is 18.0 Å². The van der Waals surface area contributed by atoms with Gasteiger partial charge in [0.05, 0.1) is 24.0 Å². The summed E-state index contributed by atoms with van der Waals surface area (Å²) in [6.45, 7) is 9.33. The summed E-state index contributed by atoms with van der Waals surface area (Å²) in [7, 11) is -3.40. The van der Waals surface area contributed by atoms with Gasteiger partial charge in [0, 0.05) is 19.0 Å². The number of ether oxygens (including phenoxy) is 2. The normalized spacial score (nSPS) is 15.8. The Morgan fingerprint density at radius 2 is 1.82 bits per heavy atom. The third-order valence-corrected chi connectivity index (χ3v) is 7.67. The van der Waals surface area contributed by atoms with Gasteiger partial charge in [-0.25, -0.2) is 32.0 Å². The third kappa shape index (κ3) is 7.76. The van der Waals surface area contributed by atoms with Crippen LogP contribution in [0.3, 0.4) is 0 Å². The number of rotatable bonds is 8. The molecule has 3 amide bonds. The SMILES string of the molecule is CC(=O)N(C[C@H]1CN(c2ccc(-c3ccc(CNS(=O)(=O)C(C)C)cc3)c(F)c2)C(=O)O1)C(=O)OC(C)(C)C. The Kier molecular flexibility index (Phi) is 9.01. The largest absolute Gasteiger partial charge is 0.443 e. The number of hydrogen-bond acceptors (Lipinski definition) is 7. The number of nitrogens with one attached hydrogen (secondary N) is 1. The quantitative estimate of drug-likeness (QED) is 0.504. The van der Waals surface area contributed by atoms with E-state index in [4.69, 9.17) is 9.47 Å². The van der Waals surface area contributed by atoms with Crippen LogP contribution in [0.25, 0.3) is 11.1 Å². The van der Waals surface area contributed by atoms with E-state index in [0.717, 1.165) is 10.5 Å². The molecule has 1 fully saturated rings. The first-order chi connectivity index (χ1) is 18.1. The first-order valence-electron chi connectivity index (χ1n) is 12.4. The van der Waals surface area contributed by atoms with Gasteiger partial charge < -0.3 is 9.47 Å². The number of anilines is 1. The number of hydrogen-bond donors (Lipinski definition) is 1. The lowest BCUT2D eigenvalue weighted by molar-refractivity contribution is -0.129. The maximum absolute atomic E-state index is 15.1. The van der Waals surface area contributed by atoms with E-state index in [1.165, 1.54) is 24.0 Å². The van der Waals surface area contributed by atoms with Gasteiger partial charge in [0.1, 0.15) is 17.5 Å². The van der Waals surface area contributed by atoms with Crippen LogP contribution in [0.4, 0.5) is 19.7 Å². The van der Waals surface area contributed by atoms with Crippen molar-refractivity contribution >= 4 is 33.8 Å². The van der Waals surface area contributed by atoms with Crippen molar-refractivity contribution < 1.29 is 36.7 Å². The summed E-state index contributed by atoms with van der Waals surface area (Å²) >= 11 is 0. The van der Waals surface area contributed by atoms with Crippen molar-refractivity contribution in [2.24, 2.45) is 0 Å². The lowest BCUT2D eigenvalue weighted by Gasteiger charge is -2.26. The van der Waals surface area contributed by atoms with Crippen molar-refractivity contribution in [3.05, 3.63) is 53.8 Å². The minimum atomic E-state index is -3.40. The van der Waals surface area contributed by atoms with E-state index in [1.807, 2.05) is 0 Å². The highest BCUT2D eigenvalue weighted by Crippen LogP contribution is 2.29. The average molecular weight is 564 g/mol. The minimum Gasteiger partial charge on any atom is -0.443 e. The summed E-state index contributed by atoms with van der Waals surface area (Å²) in [5.74, 6) is -1.13. The summed E-state index contributed by atoms with van der Waals surface area (Å²) in [5, 5.41) is -0.550. The van der Waals surface area contributed by atoms with E-state index < -0.39 is 50.9 Å². The highest BCUT2D eigenvalue weighted by atomic mass is 32.2. The van der Waals surface area contributed by atoms with Gasteiger partial charge in [0.15, 0.2) is 0 Å². The van der Waals surface area contributed by atoms with E-state index >= 15 is 4.39 Å². The van der Waals surface area contributed by atoms with Crippen LogP contribution in [0.1, 0.15) is 47.1 Å². The lowest BCUT2D eigenvalue weighted by atomic mass is 10.0. The molecule has 1 saturated heterocycles. The molecule has 2 aromatic carbocycles. The lowest BCUT2D eigenvalue weighted by Crippen LogP contribution is -2.44. The molecule has 39 heavy (non-hydrogen) atoms. The molecule has 0 saturated carbocycles. The molecule has 0 aromatic heterocycles. The Balaban J connectivity index is 1.69. The molecule has 0 radical (unpaired) electrons. The van der Waals surface area contributed by atoms with Gasteiger partial charge in [0.25, 0.3) is 0 Å². The maximum atomic E-state index is 15.1. The number of imide groups is 1. The van der Waals surface area contributed by atoms with Gasteiger partial charge in [0.2, 0.25) is 15.9 Å². The first-order valence-corrected chi connectivity index (χ1v) is 14.0. The van der Waals surface area contributed by atoms with Crippen LogP contribution in [-0.4, -0.2) is 61.5 Å². The molecular weight excluding hydrogens is 529 g/mol. The molecule has 1 N–H and O–H groups in total. The number of nitrogens with zero attached hydrogens (tertiary/aromatic N) is 2. The number of cyclic esters (lactones) is 1. The zero-order valence-corrected chi connectivity index (χ0v) is 23.7. The second kappa shape index (κ2) is 11.7. The van der Waals surface area contributed by atoms with Crippen LogP contribution in [0.5, 0.6) is 0 Å². The highest BCUT2D eigenvalue weighted by Gasteiger charge is 2.37. The molecule has 2 aromatic rings. The van der Waals surface area contributed by atoms with Crippen LogP contribution in [-0.2, 0) is 30.8 Å². The molecule has 0 bridgehead atoms. The Morgan fingerprint density at radius 1 is 1.18 bits per heavy atom. The monoisotopic (exact) mass is 563 g/mol. The summed E-state index contributed by atoms with van der Waals surface area (Å²) < 4.78 is 52.1. The molecule has 0 unspecified atom stereocenters. The molecule has 10 nitrogen and oxygen atoms in total. The van der Waals surface area contributed by atoms with E-state index in [9.17, 15) is 22.8 Å². The van der Waals surface area contributed by atoms with Crippen LogP contribution in [0.2, 0.25) is 0 Å². The number of carbonyl (C=O) groups is 3. The van der Waals surface area contributed by atoms with Gasteiger partial charge in [-0.05, 0) is 63.9 Å². The Hall–Kier alpha value is -3.51. The molecule has 0 aliphatic carbocycles. The average Bonchev–Trinajstić information content (AvgIpc) is 3.20. The zero-order chi connectivity index (χ0) is 29.1. The van der Waals surface area contributed by atoms with Gasteiger partial charge >= 0.3 is 12.2 Å². The number of amides is 3. The van der Waals surface area contributed by atoms with Gasteiger partial charge in [-0.1, -0.05) is 24.3 Å². The standard InChI is InChI=1S/C27H34FN3O7S/c1-17(2)39(35,36)29-14-19-7-9-20(10-8-19)23-12-11-21(13-24(23)28)31-16-22(37-25(31)33)15-30(18(3)32)26(34)38-27(4,5)6/h7-13,17,22,29H,14-16H2,1-6H3/t22-/m0/s1. The Bertz CT molecular complexity index is 1340. The zero-order valence-electron chi connectivity index (χ0n) is 22.9. The molecule has 1 atom stereocenters. The Morgan fingerprint density at radius 3 is 2.36 bits per heavy atom. The molecule has 1 aliphatic heterocycles. The van der Waals surface area contributed by atoms with Gasteiger partial charge in [-0.2, -0.15) is 0 Å². The predicted octanol–water partition coefficient (Wildman–Crippen LogP) is 4.43. The van der Waals surface area contributed by atoms with E-state index in [0.29, 0.717) is 11.1 Å². The van der Waals surface area contributed by atoms with E-state index in [2.05, 4.69) is 4.72 Å². The molecule has 212 valence electrons. The molecule has 3 rings (SSSR count). The van der Waals surface area contributed by atoms with Crippen molar-refractivity contribution in [2.45, 2.75) is 65.0 Å². The highest BCUT2D eigenvalue weighted by molar-refractivity contribution is 7.90. The fourth-order valence-electron chi connectivity index (χ4n) is 3.74. The van der Waals surface area contributed by atoms with E-state index in [1.54, 1.807) is 65.0 Å². The van der Waals surface area contributed by atoms with Gasteiger partial charge in [-0.15, -0.1) is 0 Å². The first kappa shape index (κ1) is 30.0. The minimum absolute atomic E-state index is 0.00514. The predicted molar refractivity (Wildman–Crippen MR) is 144 cm³/mol. The van der Waals surface area contributed by atoms with Crippen LogP contribution in [0, 0.1) is 5.82 Å². The number of benzene rings is 2. The second-order valence-corrected chi connectivity index (χ2v) is 12.8. The third-order valence-electron chi connectivity index (χ3n) is 5.88. The number of halogens is 1. The summed E-state index contributed by atoms with van der Waals surface area (Å²) in [6.07, 6.45) is -2.39. The maximum Gasteiger partial charge on any atom is 0.417 e. The van der Waals surface area contributed by atoms with E-state index in [-0.39, 0.29) is 25.3 Å². The smallest absolute Gasteiger partial charge is 0.417 e. The molecular formula is C27H34FN3O7S. The summed E-state index contributed by atoms with van der Waals surface area (Å²) in [6, 6.07) is 11.1. The number of carbonyl (C=O) groups excluding carboxylic acids is 3. The van der Waals surface area contributed by atoms with Crippen molar-refractivity contribution in [3.63, 3.8) is 0 Å². The number of sulfonamides is 1. The van der Waals surface area contributed by atoms with Crippen LogP contribution in [0.15, 0.2) is 42.5 Å².